The summed E-state index contributed by atoms with van der Waals surface area (Å²) in [5, 5.41) is 16.8. The second-order valence-corrected chi connectivity index (χ2v) is 8.36. The normalized spacial score (nSPS) is 20.5. The van der Waals surface area contributed by atoms with Gasteiger partial charge in [0.25, 0.3) is 0 Å². The van der Waals surface area contributed by atoms with Crippen molar-refractivity contribution in [2.24, 2.45) is 0 Å². The third-order valence-corrected chi connectivity index (χ3v) is 6.34. The van der Waals surface area contributed by atoms with Crippen molar-refractivity contribution in [2.45, 2.75) is 24.9 Å². The van der Waals surface area contributed by atoms with E-state index in [2.05, 4.69) is 15.2 Å². The number of aromatic nitrogens is 3. The molecule has 2 aromatic heterocycles. The first-order valence-corrected chi connectivity index (χ1v) is 10.6. The van der Waals surface area contributed by atoms with Crippen molar-refractivity contribution >= 4 is 27.6 Å². The van der Waals surface area contributed by atoms with Gasteiger partial charge in [0, 0.05) is 30.7 Å². The van der Waals surface area contributed by atoms with Crippen LogP contribution in [0, 0.1) is 0 Å². The van der Waals surface area contributed by atoms with Crippen molar-refractivity contribution in [2.75, 3.05) is 25.1 Å². The zero-order valence-corrected chi connectivity index (χ0v) is 17.2. The number of fused-ring (bicyclic) bond motifs is 4. The largest absolute Gasteiger partial charge is 0.508 e. The van der Waals surface area contributed by atoms with Crippen LogP contribution in [0.2, 0.25) is 0 Å². The standard InChI is InChI=1S/C24H23N5O2/c1-31-24-27-22-19(23(28-24)29-12-15-6-7-16(13-29)25-15)8-9-21(26-22)20-11-17(30)10-14-4-2-3-5-18(14)20/h2-5,8-11,15-16,25,30H,6-7,12-13H2,1H3. The second-order valence-electron chi connectivity index (χ2n) is 8.36. The number of nitrogens with one attached hydrogen (secondary N) is 1. The Morgan fingerprint density at radius 2 is 1.77 bits per heavy atom. The van der Waals surface area contributed by atoms with E-state index in [0.29, 0.717) is 23.7 Å². The van der Waals surface area contributed by atoms with E-state index in [0.717, 1.165) is 46.3 Å². The summed E-state index contributed by atoms with van der Waals surface area (Å²) in [5.74, 6) is 1.09. The molecule has 2 aliphatic heterocycles. The fourth-order valence-corrected chi connectivity index (χ4v) is 4.93. The molecule has 0 aliphatic carbocycles. The lowest BCUT2D eigenvalue weighted by molar-refractivity contribution is 0.380. The van der Waals surface area contributed by atoms with Gasteiger partial charge < -0.3 is 20.1 Å². The maximum atomic E-state index is 10.3. The highest BCUT2D eigenvalue weighted by Gasteiger charge is 2.33. The van der Waals surface area contributed by atoms with Gasteiger partial charge in [-0.1, -0.05) is 24.3 Å². The first kappa shape index (κ1) is 18.3. The topological polar surface area (TPSA) is 83.4 Å². The summed E-state index contributed by atoms with van der Waals surface area (Å²) < 4.78 is 5.41. The van der Waals surface area contributed by atoms with Crippen LogP contribution in [0.25, 0.3) is 33.1 Å². The summed E-state index contributed by atoms with van der Waals surface area (Å²) in [6, 6.07) is 16.8. The molecule has 2 fully saturated rings. The van der Waals surface area contributed by atoms with Gasteiger partial charge in [0.1, 0.15) is 11.6 Å². The van der Waals surface area contributed by atoms with E-state index in [1.165, 1.54) is 12.8 Å². The van der Waals surface area contributed by atoms with Crippen molar-refractivity contribution in [3.8, 4) is 23.0 Å². The molecule has 156 valence electrons. The van der Waals surface area contributed by atoms with Gasteiger partial charge in [-0.25, -0.2) is 4.98 Å². The van der Waals surface area contributed by atoms with E-state index in [9.17, 15) is 5.11 Å². The fraction of sp³-hybridized carbons (Fsp3) is 0.292. The summed E-state index contributed by atoms with van der Waals surface area (Å²) in [6.45, 7) is 1.84. The van der Waals surface area contributed by atoms with Gasteiger partial charge in [0.15, 0.2) is 5.65 Å². The van der Waals surface area contributed by atoms with Crippen molar-refractivity contribution in [1.82, 2.24) is 20.3 Å². The summed E-state index contributed by atoms with van der Waals surface area (Å²) >= 11 is 0. The summed E-state index contributed by atoms with van der Waals surface area (Å²) in [5.41, 5.74) is 2.22. The van der Waals surface area contributed by atoms with E-state index in [-0.39, 0.29) is 5.75 Å². The number of phenolic OH excluding ortho intramolecular Hbond substituents is 1. The Morgan fingerprint density at radius 1 is 0.968 bits per heavy atom. The van der Waals surface area contributed by atoms with Crippen LogP contribution in [0.3, 0.4) is 0 Å². The molecule has 2 N–H and O–H groups in total. The van der Waals surface area contributed by atoms with Crippen molar-refractivity contribution in [1.29, 1.82) is 0 Å². The summed E-state index contributed by atoms with van der Waals surface area (Å²) in [4.78, 5) is 16.4. The van der Waals surface area contributed by atoms with Crippen LogP contribution in [-0.4, -0.2) is 52.3 Å². The summed E-state index contributed by atoms with van der Waals surface area (Å²) in [6.07, 6.45) is 2.41. The van der Waals surface area contributed by atoms with Crippen molar-refractivity contribution in [3.05, 3.63) is 48.5 Å². The van der Waals surface area contributed by atoms with Gasteiger partial charge in [0.2, 0.25) is 0 Å². The number of hydrogen-bond donors (Lipinski definition) is 2. The minimum absolute atomic E-state index is 0.216. The molecule has 2 aromatic carbocycles. The molecule has 7 heteroatoms. The first-order valence-electron chi connectivity index (χ1n) is 10.6. The molecule has 2 unspecified atom stereocenters. The highest BCUT2D eigenvalue weighted by Crippen LogP contribution is 2.35. The lowest BCUT2D eigenvalue weighted by atomic mass is 10.0. The number of benzene rings is 2. The van der Waals surface area contributed by atoms with Crippen molar-refractivity contribution < 1.29 is 9.84 Å². The molecule has 2 bridgehead atoms. The Labute approximate surface area is 179 Å². The Hall–Kier alpha value is -3.45. The number of anilines is 1. The zero-order chi connectivity index (χ0) is 20.9. The number of hydrogen-bond acceptors (Lipinski definition) is 7. The number of ether oxygens (including phenoxy) is 1. The van der Waals surface area contributed by atoms with Gasteiger partial charge >= 0.3 is 6.01 Å². The minimum Gasteiger partial charge on any atom is -0.508 e. The molecular formula is C24H23N5O2. The molecule has 4 heterocycles. The third kappa shape index (κ3) is 3.13. The number of methoxy groups -OCH3 is 1. The van der Waals surface area contributed by atoms with Gasteiger partial charge in [-0.05, 0) is 47.9 Å². The van der Waals surface area contributed by atoms with E-state index in [1.807, 2.05) is 36.4 Å². The molecule has 2 aliphatic rings. The van der Waals surface area contributed by atoms with Crippen LogP contribution in [0.4, 0.5) is 5.82 Å². The van der Waals surface area contributed by atoms with Crippen LogP contribution in [0.5, 0.6) is 11.8 Å². The lowest BCUT2D eigenvalue weighted by Crippen LogP contribution is -2.51. The van der Waals surface area contributed by atoms with Gasteiger partial charge in [-0.3, -0.25) is 0 Å². The molecule has 0 saturated carbocycles. The Kier molecular flexibility index (Phi) is 4.17. The number of aromatic hydroxyl groups is 1. The molecule has 2 saturated heterocycles. The summed E-state index contributed by atoms with van der Waals surface area (Å²) in [7, 11) is 1.58. The molecule has 6 rings (SSSR count). The Bertz CT molecular complexity index is 1300. The number of pyridine rings is 1. The monoisotopic (exact) mass is 413 g/mol. The quantitative estimate of drug-likeness (QED) is 0.532. The molecule has 7 nitrogen and oxygen atoms in total. The minimum atomic E-state index is 0.216. The van der Waals surface area contributed by atoms with Crippen LogP contribution in [-0.2, 0) is 0 Å². The van der Waals surface area contributed by atoms with E-state index in [4.69, 9.17) is 14.7 Å². The van der Waals surface area contributed by atoms with E-state index < -0.39 is 0 Å². The second kappa shape index (κ2) is 7.06. The van der Waals surface area contributed by atoms with Gasteiger partial charge in [0.05, 0.1) is 18.2 Å². The highest BCUT2D eigenvalue weighted by molar-refractivity contribution is 5.98. The van der Waals surface area contributed by atoms with Crippen LogP contribution >= 0.6 is 0 Å². The molecule has 0 amide bonds. The number of nitrogens with zero attached hydrogens (tertiary/aromatic N) is 4. The van der Waals surface area contributed by atoms with Crippen LogP contribution in [0.15, 0.2) is 48.5 Å². The molecule has 31 heavy (non-hydrogen) atoms. The van der Waals surface area contributed by atoms with Crippen molar-refractivity contribution in [3.63, 3.8) is 0 Å². The number of phenols is 1. The SMILES string of the molecule is COc1nc(N2CC3CCC(C2)N3)c2ccc(-c3cc(O)cc4ccccc34)nc2n1. The predicted octanol–water partition coefficient (Wildman–Crippen LogP) is 3.50. The average molecular weight is 413 g/mol. The maximum Gasteiger partial charge on any atom is 0.320 e. The molecule has 0 spiro atoms. The Balaban J connectivity index is 1.51. The molecule has 4 aromatic rings. The highest BCUT2D eigenvalue weighted by atomic mass is 16.5. The third-order valence-electron chi connectivity index (χ3n) is 6.34. The first-order chi connectivity index (χ1) is 15.2. The molecule has 2 atom stereocenters. The molecular weight excluding hydrogens is 390 g/mol. The average Bonchev–Trinajstić information content (AvgIpc) is 3.14. The van der Waals surface area contributed by atoms with Gasteiger partial charge in [-0.2, -0.15) is 9.97 Å². The lowest BCUT2D eigenvalue weighted by Gasteiger charge is -2.34. The van der Waals surface area contributed by atoms with Crippen LogP contribution in [0.1, 0.15) is 12.8 Å². The zero-order valence-electron chi connectivity index (χ0n) is 17.2. The maximum absolute atomic E-state index is 10.3. The Morgan fingerprint density at radius 3 is 2.58 bits per heavy atom. The van der Waals surface area contributed by atoms with Crippen LogP contribution < -0.4 is 15.0 Å². The fourth-order valence-electron chi connectivity index (χ4n) is 4.93. The number of piperazine rings is 1. The molecule has 0 radical (unpaired) electrons. The smallest absolute Gasteiger partial charge is 0.320 e. The van der Waals surface area contributed by atoms with E-state index in [1.54, 1.807) is 19.2 Å². The predicted molar refractivity (Wildman–Crippen MR) is 121 cm³/mol. The van der Waals surface area contributed by atoms with E-state index >= 15 is 0 Å². The number of rotatable bonds is 3. The van der Waals surface area contributed by atoms with Gasteiger partial charge in [-0.15, -0.1) is 0 Å².